The number of aromatic nitrogens is 1. The van der Waals surface area contributed by atoms with E-state index in [4.69, 9.17) is 4.74 Å². The molecule has 1 fully saturated rings. The van der Waals surface area contributed by atoms with E-state index in [0.717, 1.165) is 43.3 Å². The van der Waals surface area contributed by atoms with Crippen molar-refractivity contribution >= 4 is 36.6 Å². The van der Waals surface area contributed by atoms with Crippen LogP contribution < -0.4 is 10.2 Å². The highest BCUT2D eigenvalue weighted by molar-refractivity contribution is 5.92. The molecule has 5 nitrogen and oxygen atoms in total. The van der Waals surface area contributed by atoms with Crippen LogP contribution in [0.15, 0.2) is 6.07 Å². The molecule has 1 N–H and O–H groups in total. The summed E-state index contributed by atoms with van der Waals surface area (Å²) in [6.07, 6.45) is 0. The van der Waals surface area contributed by atoms with Gasteiger partial charge in [0.25, 0.3) is 0 Å². The van der Waals surface area contributed by atoms with Gasteiger partial charge in [-0.1, -0.05) is 0 Å². The van der Waals surface area contributed by atoms with Crippen molar-refractivity contribution in [2.75, 3.05) is 38.2 Å². The standard InChI is InChI=1S/C13H19N3O2.2ClH/c1-9-8-11(16-6-4-14-5-7-16)15-10(2)12(9)13(17)18-3;;/h8,14H,4-7H2,1-3H3;2*1H. The zero-order valence-corrected chi connectivity index (χ0v) is 13.6. The van der Waals surface area contributed by atoms with Crippen molar-refractivity contribution in [2.24, 2.45) is 0 Å². The largest absolute Gasteiger partial charge is 0.465 e. The first-order chi connectivity index (χ1) is 8.63. The van der Waals surface area contributed by atoms with Gasteiger partial charge in [-0.05, 0) is 25.5 Å². The third-order valence-electron chi connectivity index (χ3n) is 3.21. The summed E-state index contributed by atoms with van der Waals surface area (Å²) in [4.78, 5) is 18.4. The van der Waals surface area contributed by atoms with E-state index in [-0.39, 0.29) is 30.8 Å². The predicted octanol–water partition coefficient (Wildman–Crippen LogP) is 1.74. The van der Waals surface area contributed by atoms with Gasteiger partial charge in [0.15, 0.2) is 0 Å². The molecule has 0 aliphatic carbocycles. The lowest BCUT2D eigenvalue weighted by molar-refractivity contribution is 0.0598. The van der Waals surface area contributed by atoms with Crippen LogP contribution in [0.3, 0.4) is 0 Å². The molecule has 0 bridgehead atoms. The number of methoxy groups -OCH3 is 1. The summed E-state index contributed by atoms with van der Waals surface area (Å²) in [6, 6.07) is 1.96. The Kier molecular flexibility index (Phi) is 7.86. The van der Waals surface area contributed by atoms with Crippen molar-refractivity contribution in [3.8, 4) is 0 Å². The number of aryl methyl sites for hydroxylation is 2. The Labute approximate surface area is 131 Å². The quantitative estimate of drug-likeness (QED) is 0.841. The minimum absolute atomic E-state index is 0. The van der Waals surface area contributed by atoms with Gasteiger partial charge in [0.05, 0.1) is 18.4 Å². The summed E-state index contributed by atoms with van der Waals surface area (Å²) in [5, 5.41) is 3.31. The fraction of sp³-hybridized carbons (Fsp3) is 0.538. The number of halogens is 2. The van der Waals surface area contributed by atoms with Crippen LogP contribution >= 0.6 is 24.8 Å². The molecule has 7 heteroatoms. The summed E-state index contributed by atoms with van der Waals surface area (Å²) in [6.45, 7) is 7.61. The van der Waals surface area contributed by atoms with Crippen molar-refractivity contribution in [1.29, 1.82) is 0 Å². The Morgan fingerprint density at radius 3 is 2.40 bits per heavy atom. The van der Waals surface area contributed by atoms with E-state index >= 15 is 0 Å². The third kappa shape index (κ3) is 3.98. The zero-order chi connectivity index (χ0) is 13.1. The molecule has 0 aromatic carbocycles. The number of nitrogens with zero attached hydrogens (tertiary/aromatic N) is 2. The fourth-order valence-corrected chi connectivity index (χ4v) is 2.28. The van der Waals surface area contributed by atoms with Gasteiger partial charge >= 0.3 is 5.97 Å². The van der Waals surface area contributed by atoms with Gasteiger partial charge in [0.2, 0.25) is 0 Å². The van der Waals surface area contributed by atoms with Gasteiger partial charge in [-0.2, -0.15) is 0 Å². The minimum Gasteiger partial charge on any atom is -0.465 e. The van der Waals surface area contributed by atoms with Gasteiger partial charge < -0.3 is 15.0 Å². The highest BCUT2D eigenvalue weighted by Crippen LogP contribution is 2.20. The van der Waals surface area contributed by atoms with E-state index < -0.39 is 0 Å². The maximum Gasteiger partial charge on any atom is 0.339 e. The first-order valence-electron chi connectivity index (χ1n) is 6.15. The van der Waals surface area contributed by atoms with Crippen molar-refractivity contribution < 1.29 is 9.53 Å². The lowest BCUT2D eigenvalue weighted by atomic mass is 10.1. The second-order valence-corrected chi connectivity index (χ2v) is 4.49. The number of hydrogen-bond donors (Lipinski definition) is 1. The van der Waals surface area contributed by atoms with Crippen molar-refractivity contribution in [1.82, 2.24) is 10.3 Å². The Balaban J connectivity index is 0.00000180. The number of ether oxygens (including phenoxy) is 1. The molecule has 0 unspecified atom stereocenters. The lowest BCUT2D eigenvalue weighted by Gasteiger charge is -2.29. The average Bonchev–Trinajstić information content (AvgIpc) is 2.38. The molecular formula is C13H21Cl2N3O2. The number of piperazine rings is 1. The lowest BCUT2D eigenvalue weighted by Crippen LogP contribution is -2.44. The Morgan fingerprint density at radius 1 is 1.30 bits per heavy atom. The maximum atomic E-state index is 11.7. The third-order valence-corrected chi connectivity index (χ3v) is 3.21. The summed E-state index contributed by atoms with van der Waals surface area (Å²) in [5.41, 5.74) is 2.23. The van der Waals surface area contributed by atoms with Crippen LogP contribution in [0.1, 0.15) is 21.6 Å². The molecule has 20 heavy (non-hydrogen) atoms. The predicted molar refractivity (Wildman–Crippen MR) is 84.6 cm³/mol. The second-order valence-electron chi connectivity index (χ2n) is 4.49. The SMILES string of the molecule is COC(=O)c1c(C)cc(N2CCNCC2)nc1C.Cl.Cl. The second kappa shape index (κ2) is 8.29. The molecule has 0 amide bonds. The number of anilines is 1. The van der Waals surface area contributed by atoms with Crippen LogP contribution in [-0.4, -0.2) is 44.2 Å². The molecule has 0 radical (unpaired) electrons. The molecule has 0 atom stereocenters. The van der Waals surface area contributed by atoms with Crippen LogP contribution in [0.5, 0.6) is 0 Å². The average molecular weight is 322 g/mol. The van der Waals surface area contributed by atoms with Gasteiger partial charge in [-0.15, -0.1) is 24.8 Å². The number of esters is 1. The summed E-state index contributed by atoms with van der Waals surface area (Å²) in [7, 11) is 1.39. The number of pyridine rings is 1. The Morgan fingerprint density at radius 2 is 1.90 bits per heavy atom. The van der Waals surface area contributed by atoms with Gasteiger partial charge in [0, 0.05) is 26.2 Å². The van der Waals surface area contributed by atoms with Crippen molar-refractivity contribution in [3.05, 3.63) is 22.9 Å². The molecule has 1 aromatic rings. The maximum absolute atomic E-state index is 11.7. The van der Waals surface area contributed by atoms with Crippen LogP contribution in [-0.2, 0) is 4.74 Å². The van der Waals surface area contributed by atoms with E-state index in [9.17, 15) is 4.79 Å². The number of rotatable bonds is 2. The number of hydrogen-bond acceptors (Lipinski definition) is 5. The first kappa shape index (κ1) is 19.0. The highest BCUT2D eigenvalue weighted by atomic mass is 35.5. The molecule has 1 aliphatic rings. The highest BCUT2D eigenvalue weighted by Gasteiger charge is 2.18. The summed E-state index contributed by atoms with van der Waals surface area (Å²) >= 11 is 0. The summed E-state index contributed by atoms with van der Waals surface area (Å²) in [5.74, 6) is 0.628. The van der Waals surface area contributed by atoms with Gasteiger partial charge in [0.1, 0.15) is 5.82 Å². The van der Waals surface area contributed by atoms with E-state index in [0.29, 0.717) is 5.56 Å². The monoisotopic (exact) mass is 321 g/mol. The minimum atomic E-state index is -0.315. The van der Waals surface area contributed by atoms with Crippen molar-refractivity contribution in [2.45, 2.75) is 13.8 Å². The molecule has 2 heterocycles. The molecule has 1 aromatic heterocycles. The zero-order valence-electron chi connectivity index (χ0n) is 11.9. The number of nitrogens with one attached hydrogen (secondary N) is 1. The number of carbonyl (C=O) groups is 1. The number of carbonyl (C=O) groups excluding carboxylic acids is 1. The van der Waals surface area contributed by atoms with E-state index in [1.165, 1.54) is 7.11 Å². The normalized spacial score (nSPS) is 14.1. The molecule has 0 saturated carbocycles. The van der Waals surface area contributed by atoms with Crippen LogP contribution in [0.25, 0.3) is 0 Å². The fourth-order valence-electron chi connectivity index (χ4n) is 2.28. The molecule has 0 spiro atoms. The van der Waals surface area contributed by atoms with Gasteiger partial charge in [-0.25, -0.2) is 9.78 Å². The first-order valence-corrected chi connectivity index (χ1v) is 6.15. The Hall–Kier alpha value is -1.04. The molecule has 1 saturated heterocycles. The molecule has 114 valence electrons. The smallest absolute Gasteiger partial charge is 0.339 e. The Bertz CT molecular complexity index is 440. The molecule has 2 rings (SSSR count). The van der Waals surface area contributed by atoms with E-state index in [2.05, 4.69) is 15.2 Å². The topological polar surface area (TPSA) is 54.5 Å². The van der Waals surface area contributed by atoms with Crippen LogP contribution in [0.4, 0.5) is 5.82 Å². The van der Waals surface area contributed by atoms with Crippen LogP contribution in [0, 0.1) is 13.8 Å². The van der Waals surface area contributed by atoms with E-state index in [1.54, 1.807) is 0 Å². The van der Waals surface area contributed by atoms with Gasteiger partial charge in [-0.3, -0.25) is 0 Å². The van der Waals surface area contributed by atoms with E-state index in [1.807, 2.05) is 19.9 Å². The van der Waals surface area contributed by atoms with Crippen molar-refractivity contribution in [3.63, 3.8) is 0 Å². The summed E-state index contributed by atoms with van der Waals surface area (Å²) < 4.78 is 4.78. The molecular weight excluding hydrogens is 301 g/mol. The van der Waals surface area contributed by atoms with Crippen LogP contribution in [0.2, 0.25) is 0 Å². The molecule has 1 aliphatic heterocycles.